The summed E-state index contributed by atoms with van der Waals surface area (Å²) in [6.07, 6.45) is 2.55. The summed E-state index contributed by atoms with van der Waals surface area (Å²) in [5.74, 6) is -0.299. The second-order valence-corrected chi connectivity index (χ2v) is 8.12. The predicted octanol–water partition coefficient (Wildman–Crippen LogP) is 3.21. The van der Waals surface area contributed by atoms with Crippen LogP contribution in [0.25, 0.3) is 0 Å². The number of hydrogen-bond donors (Lipinski definition) is 2. The summed E-state index contributed by atoms with van der Waals surface area (Å²) < 4.78 is 13.5. The first kappa shape index (κ1) is 16.2. The number of halogens is 1. The highest BCUT2D eigenvalue weighted by molar-refractivity contribution is 5.94. The number of nitrogens with zero attached hydrogens (tertiary/aromatic N) is 1. The fourth-order valence-electron chi connectivity index (χ4n) is 4.24. The molecule has 1 fully saturated rings. The van der Waals surface area contributed by atoms with Crippen molar-refractivity contribution in [1.82, 2.24) is 10.6 Å². The second kappa shape index (κ2) is 5.48. The molecule has 0 spiro atoms. The highest BCUT2D eigenvalue weighted by atomic mass is 19.1. The minimum atomic E-state index is -0.299. The van der Waals surface area contributed by atoms with Crippen molar-refractivity contribution < 1.29 is 9.18 Å². The zero-order valence-electron chi connectivity index (χ0n) is 14.4. The van der Waals surface area contributed by atoms with Gasteiger partial charge in [0.25, 0.3) is 0 Å². The average molecular weight is 319 g/mol. The normalized spacial score (nSPS) is 22.7. The molecular weight excluding hydrogens is 293 g/mol. The minimum absolute atomic E-state index is 0.0191. The zero-order valence-corrected chi connectivity index (χ0v) is 14.4. The van der Waals surface area contributed by atoms with Crippen LogP contribution in [-0.4, -0.2) is 29.7 Å². The maximum Gasteiger partial charge on any atom is 0.322 e. The van der Waals surface area contributed by atoms with Crippen LogP contribution in [0.5, 0.6) is 0 Å². The number of nitrogens with one attached hydrogen (secondary N) is 2. The summed E-state index contributed by atoms with van der Waals surface area (Å²) >= 11 is 0. The van der Waals surface area contributed by atoms with Crippen molar-refractivity contribution in [2.24, 2.45) is 0 Å². The molecule has 3 rings (SSSR count). The molecule has 2 aliphatic heterocycles. The maximum atomic E-state index is 13.5. The zero-order chi connectivity index (χ0) is 16.8. The van der Waals surface area contributed by atoms with Gasteiger partial charge in [0, 0.05) is 23.7 Å². The Morgan fingerprint density at radius 2 is 1.91 bits per heavy atom. The number of urea groups is 1. The van der Waals surface area contributed by atoms with Gasteiger partial charge in [-0.2, -0.15) is 0 Å². The van der Waals surface area contributed by atoms with Crippen molar-refractivity contribution in [2.45, 2.75) is 64.1 Å². The fraction of sp³-hybridized carbons (Fsp3) is 0.611. The standard InChI is InChI=1S/C18H26FN3O/c1-17(2)10-14(11-18(3,4)21-17)20-16(23)22-8-7-12-5-6-13(19)9-15(12)22/h5-6,9,14,21H,7-8,10-11H2,1-4H3,(H,20,23). The SMILES string of the molecule is CC1(C)CC(NC(=O)N2CCc3ccc(F)cc32)CC(C)(C)N1. The molecule has 0 radical (unpaired) electrons. The van der Waals surface area contributed by atoms with Gasteiger partial charge in [0.15, 0.2) is 0 Å². The van der Waals surface area contributed by atoms with Gasteiger partial charge in [-0.25, -0.2) is 9.18 Å². The van der Waals surface area contributed by atoms with E-state index < -0.39 is 0 Å². The van der Waals surface area contributed by atoms with E-state index in [0.29, 0.717) is 12.2 Å². The first-order valence-corrected chi connectivity index (χ1v) is 8.31. The lowest BCUT2D eigenvalue weighted by molar-refractivity contribution is 0.148. The van der Waals surface area contributed by atoms with Gasteiger partial charge in [0.05, 0.1) is 5.69 Å². The molecule has 0 bridgehead atoms. The van der Waals surface area contributed by atoms with Crippen molar-refractivity contribution in [1.29, 1.82) is 0 Å². The molecule has 23 heavy (non-hydrogen) atoms. The van der Waals surface area contributed by atoms with Crippen molar-refractivity contribution in [3.8, 4) is 0 Å². The van der Waals surface area contributed by atoms with E-state index in [1.165, 1.54) is 12.1 Å². The molecule has 5 heteroatoms. The molecule has 1 saturated heterocycles. The number of anilines is 1. The van der Waals surface area contributed by atoms with Crippen molar-refractivity contribution >= 4 is 11.7 Å². The molecule has 0 saturated carbocycles. The lowest BCUT2D eigenvalue weighted by atomic mass is 9.80. The largest absolute Gasteiger partial charge is 0.335 e. The Bertz CT molecular complexity index is 611. The Morgan fingerprint density at radius 1 is 1.26 bits per heavy atom. The summed E-state index contributed by atoms with van der Waals surface area (Å²) in [5, 5.41) is 6.77. The fourth-order valence-corrected chi connectivity index (χ4v) is 4.24. The Hall–Kier alpha value is -1.62. The molecule has 126 valence electrons. The number of carbonyl (C=O) groups is 1. The molecule has 1 aromatic carbocycles. The topological polar surface area (TPSA) is 44.4 Å². The summed E-state index contributed by atoms with van der Waals surface area (Å²) in [5.41, 5.74) is 1.70. The highest BCUT2D eigenvalue weighted by Crippen LogP contribution is 2.31. The molecule has 2 heterocycles. The van der Waals surface area contributed by atoms with Gasteiger partial charge in [-0.3, -0.25) is 4.90 Å². The van der Waals surface area contributed by atoms with Gasteiger partial charge in [0.1, 0.15) is 5.82 Å². The summed E-state index contributed by atoms with van der Waals surface area (Å²) in [6.45, 7) is 9.25. The van der Waals surface area contributed by atoms with E-state index in [1.807, 2.05) is 0 Å². The summed E-state index contributed by atoms with van der Waals surface area (Å²) in [4.78, 5) is 14.3. The number of carbonyl (C=O) groups excluding carboxylic acids is 1. The first-order valence-electron chi connectivity index (χ1n) is 8.31. The van der Waals surface area contributed by atoms with E-state index >= 15 is 0 Å². The Kier molecular flexibility index (Phi) is 3.87. The number of amides is 2. The molecule has 0 aliphatic carbocycles. The van der Waals surface area contributed by atoms with Gasteiger partial charge >= 0.3 is 6.03 Å². The average Bonchev–Trinajstić information content (AvgIpc) is 2.77. The number of rotatable bonds is 1. The number of piperidine rings is 1. The van der Waals surface area contributed by atoms with E-state index in [1.54, 1.807) is 11.0 Å². The van der Waals surface area contributed by atoms with E-state index in [0.717, 1.165) is 24.8 Å². The molecule has 0 aromatic heterocycles. The van der Waals surface area contributed by atoms with Crippen molar-refractivity contribution in [3.05, 3.63) is 29.6 Å². The first-order chi connectivity index (χ1) is 10.7. The van der Waals surface area contributed by atoms with E-state index in [2.05, 4.69) is 38.3 Å². The molecule has 2 amide bonds. The third-order valence-corrected chi connectivity index (χ3v) is 4.71. The number of fused-ring (bicyclic) bond motifs is 1. The van der Waals surface area contributed by atoms with Gasteiger partial charge in [0.2, 0.25) is 0 Å². The van der Waals surface area contributed by atoms with Crippen LogP contribution in [-0.2, 0) is 6.42 Å². The van der Waals surface area contributed by atoms with Crippen LogP contribution in [0.15, 0.2) is 18.2 Å². The third kappa shape index (κ3) is 3.50. The van der Waals surface area contributed by atoms with Gasteiger partial charge in [-0.15, -0.1) is 0 Å². The highest BCUT2D eigenvalue weighted by Gasteiger charge is 2.39. The van der Waals surface area contributed by atoms with Gasteiger partial charge < -0.3 is 10.6 Å². The molecule has 4 nitrogen and oxygen atoms in total. The van der Waals surface area contributed by atoms with E-state index in [4.69, 9.17) is 0 Å². The smallest absolute Gasteiger partial charge is 0.322 e. The summed E-state index contributed by atoms with van der Waals surface area (Å²) in [6, 6.07) is 4.68. The quantitative estimate of drug-likeness (QED) is 0.835. The Morgan fingerprint density at radius 3 is 2.57 bits per heavy atom. The van der Waals surface area contributed by atoms with Crippen LogP contribution >= 0.6 is 0 Å². The molecular formula is C18H26FN3O. The van der Waals surface area contributed by atoms with Crippen LogP contribution in [0, 0.1) is 5.82 Å². The third-order valence-electron chi connectivity index (χ3n) is 4.71. The van der Waals surface area contributed by atoms with Crippen LogP contribution in [0.3, 0.4) is 0 Å². The maximum absolute atomic E-state index is 13.5. The molecule has 1 aromatic rings. The van der Waals surface area contributed by atoms with Crippen molar-refractivity contribution in [3.63, 3.8) is 0 Å². The molecule has 2 aliphatic rings. The molecule has 0 unspecified atom stereocenters. The van der Waals surface area contributed by atoms with Crippen LogP contribution in [0.2, 0.25) is 0 Å². The summed E-state index contributed by atoms with van der Waals surface area (Å²) in [7, 11) is 0. The van der Waals surface area contributed by atoms with E-state index in [9.17, 15) is 9.18 Å². The number of hydrogen-bond acceptors (Lipinski definition) is 2. The van der Waals surface area contributed by atoms with Gasteiger partial charge in [-0.1, -0.05) is 6.07 Å². The van der Waals surface area contributed by atoms with Gasteiger partial charge in [-0.05, 0) is 64.7 Å². The second-order valence-electron chi connectivity index (χ2n) is 8.12. The Labute approximate surface area is 137 Å². The molecule has 2 N–H and O–H groups in total. The lowest BCUT2D eigenvalue weighted by Crippen LogP contribution is -2.63. The Balaban J connectivity index is 1.72. The van der Waals surface area contributed by atoms with Crippen LogP contribution < -0.4 is 15.5 Å². The minimum Gasteiger partial charge on any atom is -0.335 e. The predicted molar refractivity (Wildman–Crippen MR) is 90.3 cm³/mol. The molecule has 0 atom stereocenters. The number of benzene rings is 1. The van der Waals surface area contributed by atoms with Crippen LogP contribution in [0.4, 0.5) is 14.9 Å². The van der Waals surface area contributed by atoms with Crippen LogP contribution in [0.1, 0.15) is 46.1 Å². The van der Waals surface area contributed by atoms with Crippen molar-refractivity contribution in [2.75, 3.05) is 11.4 Å². The lowest BCUT2D eigenvalue weighted by Gasteiger charge is -2.46. The monoisotopic (exact) mass is 319 g/mol. The van der Waals surface area contributed by atoms with E-state index in [-0.39, 0.29) is 29.0 Å².